The maximum Gasteiger partial charge on any atom is 0.253 e. The minimum Gasteiger partial charge on any atom is -0.384 e. The van der Waals surface area contributed by atoms with E-state index >= 15 is 0 Å². The normalized spacial score (nSPS) is 10.8. The Hall–Kier alpha value is -3.26. The molecule has 3 rings (SSSR count). The zero-order valence-electron chi connectivity index (χ0n) is 13.7. The molecule has 128 valence electrons. The number of aromatic nitrogens is 3. The van der Waals surface area contributed by atoms with Gasteiger partial charge in [-0.25, -0.2) is 4.98 Å². The van der Waals surface area contributed by atoms with Gasteiger partial charge >= 0.3 is 0 Å². The first-order chi connectivity index (χ1) is 12.1. The van der Waals surface area contributed by atoms with Crippen molar-refractivity contribution in [3.05, 3.63) is 47.7 Å². The first kappa shape index (κ1) is 16.6. The molecule has 2 aromatic heterocycles. The molecule has 0 unspecified atom stereocenters. The number of rotatable bonds is 6. The van der Waals surface area contributed by atoms with Crippen LogP contribution >= 0.6 is 0 Å². The number of hydrogen-bond donors (Lipinski definition) is 4. The van der Waals surface area contributed by atoms with Gasteiger partial charge in [-0.1, -0.05) is 0 Å². The first-order valence-electron chi connectivity index (χ1n) is 7.67. The molecule has 1 amide bonds. The summed E-state index contributed by atoms with van der Waals surface area (Å²) in [6, 6.07) is 8.64. The Morgan fingerprint density at radius 3 is 3.00 bits per heavy atom. The van der Waals surface area contributed by atoms with Gasteiger partial charge in [0.25, 0.3) is 5.91 Å². The molecule has 0 radical (unpaired) electrons. The summed E-state index contributed by atoms with van der Waals surface area (Å²) in [6.45, 7) is 0.839. The average Bonchev–Trinajstić information content (AvgIpc) is 3.04. The lowest BCUT2D eigenvalue weighted by atomic mass is 10.1. The molecular weight excluding hydrogens is 320 g/mol. The molecule has 8 nitrogen and oxygen atoms in total. The molecule has 0 bridgehead atoms. The summed E-state index contributed by atoms with van der Waals surface area (Å²) in [7, 11) is 1.57. The summed E-state index contributed by atoms with van der Waals surface area (Å²) in [6.07, 6.45) is 1.61. The fourth-order valence-electron chi connectivity index (χ4n) is 2.43. The number of H-pyrrole nitrogens is 1. The molecule has 0 spiro atoms. The van der Waals surface area contributed by atoms with Gasteiger partial charge in [0.05, 0.1) is 23.2 Å². The highest BCUT2D eigenvalue weighted by molar-refractivity contribution is 6.00. The van der Waals surface area contributed by atoms with Crippen molar-refractivity contribution in [2.75, 3.05) is 20.3 Å². The fourth-order valence-corrected chi connectivity index (χ4v) is 2.43. The van der Waals surface area contributed by atoms with E-state index in [1.54, 1.807) is 43.6 Å². The number of pyridine rings is 1. The Bertz CT molecular complexity index is 934. The van der Waals surface area contributed by atoms with E-state index in [2.05, 4.69) is 20.3 Å². The number of nitrogens with one attached hydrogen (secondary N) is 3. The molecular formula is C17H18N6O2. The van der Waals surface area contributed by atoms with E-state index in [-0.39, 0.29) is 11.7 Å². The van der Waals surface area contributed by atoms with Crippen molar-refractivity contribution in [1.29, 1.82) is 5.41 Å². The number of nitrogens with zero attached hydrogens (tertiary/aromatic N) is 2. The number of aromatic amines is 1. The van der Waals surface area contributed by atoms with E-state index in [0.29, 0.717) is 41.3 Å². The molecule has 0 aliphatic heterocycles. The van der Waals surface area contributed by atoms with Crippen LogP contribution in [0.15, 0.2) is 36.5 Å². The van der Waals surface area contributed by atoms with Crippen LogP contribution in [0.4, 0.5) is 0 Å². The van der Waals surface area contributed by atoms with Crippen molar-refractivity contribution in [2.24, 2.45) is 5.73 Å². The number of benzene rings is 1. The van der Waals surface area contributed by atoms with Crippen LogP contribution in [-0.4, -0.2) is 47.0 Å². The smallest absolute Gasteiger partial charge is 0.253 e. The fraction of sp³-hybridized carbons (Fsp3) is 0.176. The minimum absolute atomic E-state index is 0.0194. The van der Waals surface area contributed by atoms with Crippen molar-refractivity contribution in [2.45, 2.75) is 0 Å². The number of carbonyl (C=O) groups is 1. The number of imidazole rings is 1. The lowest BCUT2D eigenvalue weighted by Crippen LogP contribution is -2.27. The predicted molar refractivity (Wildman–Crippen MR) is 94.6 cm³/mol. The third kappa shape index (κ3) is 3.48. The molecule has 0 aliphatic carbocycles. The Morgan fingerprint density at radius 2 is 2.24 bits per heavy atom. The van der Waals surface area contributed by atoms with Gasteiger partial charge in [0.2, 0.25) is 0 Å². The van der Waals surface area contributed by atoms with Crippen LogP contribution in [0.1, 0.15) is 15.9 Å². The quantitative estimate of drug-likeness (QED) is 0.306. The van der Waals surface area contributed by atoms with E-state index in [1.165, 1.54) is 0 Å². The molecule has 0 fully saturated rings. The second-order valence-electron chi connectivity index (χ2n) is 5.38. The third-order valence-corrected chi connectivity index (χ3v) is 3.66. The number of nitrogen functional groups attached to an aromatic ring is 1. The highest BCUT2D eigenvalue weighted by atomic mass is 16.5. The van der Waals surface area contributed by atoms with Gasteiger partial charge in [0.15, 0.2) is 5.82 Å². The summed E-state index contributed by atoms with van der Waals surface area (Å²) in [4.78, 5) is 24.3. The zero-order chi connectivity index (χ0) is 17.8. The molecule has 0 aliphatic rings. The molecule has 1 aromatic carbocycles. The minimum atomic E-state index is -0.245. The number of hydrogen-bond acceptors (Lipinski definition) is 5. The van der Waals surface area contributed by atoms with Gasteiger partial charge in [-0.15, -0.1) is 0 Å². The number of ether oxygens (including phenoxy) is 1. The maximum atomic E-state index is 12.4. The summed E-state index contributed by atoms with van der Waals surface area (Å²) in [5, 5.41) is 10.3. The van der Waals surface area contributed by atoms with E-state index in [1.807, 2.05) is 0 Å². The van der Waals surface area contributed by atoms with Crippen LogP contribution in [0.2, 0.25) is 0 Å². The van der Waals surface area contributed by atoms with Crippen molar-refractivity contribution in [1.82, 2.24) is 20.3 Å². The van der Waals surface area contributed by atoms with Gasteiger partial charge < -0.3 is 20.8 Å². The zero-order valence-corrected chi connectivity index (χ0v) is 13.7. The number of nitrogens with two attached hydrogens (primary N) is 1. The van der Waals surface area contributed by atoms with Crippen LogP contribution in [0, 0.1) is 5.41 Å². The number of amidine groups is 1. The van der Waals surface area contributed by atoms with Gasteiger partial charge in [-0.3, -0.25) is 15.2 Å². The molecule has 0 saturated heterocycles. The highest BCUT2D eigenvalue weighted by Crippen LogP contribution is 2.22. The van der Waals surface area contributed by atoms with Crippen molar-refractivity contribution in [3.63, 3.8) is 0 Å². The SMILES string of the molecule is COCCNC(=O)c1cccnc1-c1nc2ccc(C(=N)N)cc2[nH]1. The summed E-state index contributed by atoms with van der Waals surface area (Å²) < 4.78 is 4.94. The van der Waals surface area contributed by atoms with Crippen molar-refractivity contribution < 1.29 is 9.53 Å². The molecule has 0 saturated carbocycles. The molecule has 25 heavy (non-hydrogen) atoms. The first-order valence-corrected chi connectivity index (χ1v) is 7.67. The van der Waals surface area contributed by atoms with E-state index in [0.717, 1.165) is 5.52 Å². The molecule has 5 N–H and O–H groups in total. The van der Waals surface area contributed by atoms with Gasteiger partial charge in [0.1, 0.15) is 11.5 Å². The summed E-state index contributed by atoms with van der Waals surface area (Å²) >= 11 is 0. The Labute approximate surface area is 143 Å². The number of fused-ring (bicyclic) bond motifs is 1. The number of methoxy groups -OCH3 is 1. The van der Waals surface area contributed by atoms with E-state index in [9.17, 15) is 4.79 Å². The maximum absolute atomic E-state index is 12.4. The largest absolute Gasteiger partial charge is 0.384 e. The third-order valence-electron chi connectivity index (χ3n) is 3.66. The van der Waals surface area contributed by atoms with Gasteiger partial charge in [-0.05, 0) is 30.3 Å². The van der Waals surface area contributed by atoms with Gasteiger partial charge in [0, 0.05) is 25.4 Å². The summed E-state index contributed by atoms with van der Waals surface area (Å²) in [5.74, 6) is 0.215. The Balaban J connectivity index is 1.97. The molecule has 0 atom stereocenters. The summed E-state index contributed by atoms with van der Waals surface area (Å²) in [5.41, 5.74) is 8.42. The monoisotopic (exact) mass is 338 g/mol. The van der Waals surface area contributed by atoms with Gasteiger partial charge in [-0.2, -0.15) is 0 Å². The highest BCUT2D eigenvalue weighted by Gasteiger charge is 2.16. The lowest BCUT2D eigenvalue weighted by Gasteiger charge is -2.07. The Morgan fingerprint density at radius 1 is 1.40 bits per heavy atom. The van der Waals surface area contributed by atoms with Crippen molar-refractivity contribution in [3.8, 4) is 11.5 Å². The van der Waals surface area contributed by atoms with Crippen molar-refractivity contribution >= 4 is 22.8 Å². The second-order valence-corrected chi connectivity index (χ2v) is 5.38. The van der Waals surface area contributed by atoms with Crippen LogP contribution < -0.4 is 11.1 Å². The second kappa shape index (κ2) is 7.10. The van der Waals surface area contributed by atoms with E-state index < -0.39 is 0 Å². The number of amides is 1. The van der Waals surface area contributed by atoms with Crippen LogP contribution in [0.5, 0.6) is 0 Å². The molecule has 2 heterocycles. The van der Waals surface area contributed by atoms with E-state index in [4.69, 9.17) is 15.9 Å². The predicted octanol–water partition coefficient (Wildman–Crippen LogP) is 1.29. The van der Waals surface area contributed by atoms with Crippen LogP contribution in [-0.2, 0) is 4.74 Å². The standard InChI is InChI=1S/C17H18N6O2/c1-25-8-7-21-17(24)11-3-2-6-20-14(11)16-22-12-5-4-10(15(18)19)9-13(12)23-16/h2-6,9H,7-8H2,1H3,(H3,18,19)(H,21,24)(H,22,23). The Kier molecular flexibility index (Phi) is 4.71. The molecule has 3 aromatic rings. The molecule has 8 heteroatoms. The lowest BCUT2D eigenvalue weighted by molar-refractivity contribution is 0.0937. The topological polar surface area (TPSA) is 130 Å². The number of carbonyl (C=O) groups excluding carboxylic acids is 1. The van der Waals surface area contributed by atoms with Crippen LogP contribution in [0.3, 0.4) is 0 Å². The average molecular weight is 338 g/mol. The van der Waals surface area contributed by atoms with Crippen LogP contribution in [0.25, 0.3) is 22.6 Å².